The summed E-state index contributed by atoms with van der Waals surface area (Å²) in [6.07, 6.45) is 2.28. The maximum Gasteiger partial charge on any atom is 0.337 e. The molecule has 3 rings (SSSR count). The number of amides is 1. The molecule has 0 radical (unpaired) electrons. The van der Waals surface area contributed by atoms with E-state index in [1.54, 1.807) is 30.3 Å². The minimum absolute atomic E-state index is 0.0138. The van der Waals surface area contributed by atoms with Crippen molar-refractivity contribution >= 4 is 56.8 Å². The Balaban J connectivity index is 1.96. The van der Waals surface area contributed by atoms with Gasteiger partial charge in [-0.05, 0) is 49.4 Å². The highest BCUT2D eigenvalue weighted by atomic mass is 35.5. The van der Waals surface area contributed by atoms with Crippen LogP contribution in [-0.4, -0.2) is 39.7 Å². The highest BCUT2D eigenvalue weighted by molar-refractivity contribution is 8.13. The summed E-state index contributed by atoms with van der Waals surface area (Å²) in [5.74, 6) is -1.59. The zero-order valence-electron chi connectivity index (χ0n) is 15.2. The van der Waals surface area contributed by atoms with Crippen LogP contribution in [0.4, 0.5) is 5.69 Å². The number of anilines is 1. The maximum atomic E-state index is 12.9. The minimum Gasteiger partial charge on any atom is -0.478 e. The maximum absolute atomic E-state index is 12.9. The Morgan fingerprint density at radius 1 is 1.11 bits per heavy atom. The average Bonchev–Trinajstić information content (AvgIpc) is 3.18. The minimum atomic E-state index is -1.12. The Morgan fingerprint density at radius 2 is 1.79 bits per heavy atom. The summed E-state index contributed by atoms with van der Waals surface area (Å²) in [6, 6.07) is 9.53. The second-order valence-electron chi connectivity index (χ2n) is 6.25. The van der Waals surface area contributed by atoms with Crippen LogP contribution in [-0.2, 0) is 0 Å². The number of rotatable bonds is 5. The van der Waals surface area contributed by atoms with Crippen LogP contribution >= 0.6 is 33.9 Å². The second-order valence-corrected chi connectivity index (χ2v) is 9.12. The normalized spacial score (nSPS) is 15.5. The lowest BCUT2D eigenvalue weighted by Crippen LogP contribution is -2.16. The van der Waals surface area contributed by atoms with E-state index in [1.807, 2.05) is 6.92 Å². The molecule has 1 heterocycles. The van der Waals surface area contributed by atoms with E-state index in [0.29, 0.717) is 5.02 Å². The number of para-hydroxylation sites is 1. The molecule has 5 nitrogen and oxygen atoms in total. The van der Waals surface area contributed by atoms with Crippen molar-refractivity contribution in [3.8, 4) is 0 Å². The molecule has 1 aliphatic heterocycles. The van der Waals surface area contributed by atoms with Gasteiger partial charge in [0, 0.05) is 18.0 Å². The molecule has 1 unspecified atom stereocenters. The summed E-state index contributed by atoms with van der Waals surface area (Å²) in [7, 11) is -0.331. The average molecular weight is 439 g/mol. The van der Waals surface area contributed by atoms with Gasteiger partial charge in [-0.3, -0.25) is 9.10 Å². The number of halogens is 2. The predicted molar refractivity (Wildman–Crippen MR) is 116 cm³/mol. The number of carboxylic acids is 1. The number of nitrogens with one attached hydrogen (secondary N) is 1. The van der Waals surface area contributed by atoms with Gasteiger partial charge in [-0.1, -0.05) is 46.0 Å². The van der Waals surface area contributed by atoms with Gasteiger partial charge in [0.05, 0.1) is 26.9 Å². The molecule has 8 heteroatoms. The molecule has 2 N–H and O–H groups in total. The number of hydrogen-bond acceptors (Lipinski definition) is 3. The van der Waals surface area contributed by atoms with E-state index < -0.39 is 11.9 Å². The number of aromatic carboxylic acids is 1. The molecule has 0 saturated carbocycles. The molecule has 1 aliphatic rings. The molecule has 148 valence electrons. The van der Waals surface area contributed by atoms with Gasteiger partial charge in [-0.25, -0.2) is 4.79 Å². The number of carbonyl (C=O) groups excluding carboxylic acids is 1. The Kier molecular flexibility index (Phi) is 6.78. The summed E-state index contributed by atoms with van der Waals surface area (Å²) in [6.45, 7) is 3.95. The first kappa shape index (κ1) is 20.9. The highest BCUT2D eigenvalue weighted by Gasteiger charge is 2.22. The number of carbonyl (C=O) groups is 2. The number of benzene rings is 2. The fraction of sp³-hybridized carbons (Fsp3) is 0.250. The van der Waals surface area contributed by atoms with Crippen LogP contribution in [0.25, 0.3) is 0 Å². The zero-order valence-corrected chi connectivity index (χ0v) is 17.6. The molecule has 1 saturated heterocycles. The quantitative estimate of drug-likeness (QED) is 0.612. The third-order valence-corrected chi connectivity index (χ3v) is 7.36. The molecule has 0 aromatic heterocycles. The van der Waals surface area contributed by atoms with Gasteiger partial charge in [0.25, 0.3) is 5.91 Å². The number of carboxylic acid groups (broad SMARTS) is 1. The van der Waals surface area contributed by atoms with Gasteiger partial charge in [-0.2, -0.15) is 0 Å². The Bertz CT molecular complexity index is 956. The smallest absolute Gasteiger partial charge is 0.337 e. The van der Waals surface area contributed by atoms with Gasteiger partial charge in [0.15, 0.2) is 0 Å². The Morgan fingerprint density at radius 3 is 2.43 bits per heavy atom. The van der Waals surface area contributed by atoms with Crippen LogP contribution < -0.4 is 5.32 Å². The third kappa shape index (κ3) is 4.41. The lowest BCUT2D eigenvalue weighted by Gasteiger charge is -2.22. The number of hydrogen-bond donors (Lipinski definition) is 2. The van der Waals surface area contributed by atoms with Crippen LogP contribution in [0.5, 0.6) is 0 Å². The predicted octanol–water partition coefficient (Wildman–Crippen LogP) is 5.40. The fourth-order valence-corrected chi connectivity index (χ4v) is 5.82. The molecule has 1 fully saturated rings. The summed E-state index contributed by atoms with van der Waals surface area (Å²) < 4.78 is 2.34. The lowest BCUT2D eigenvalue weighted by atomic mass is 10.1. The molecule has 2 aromatic carbocycles. The number of nitrogens with zero attached hydrogens (tertiary/aromatic N) is 1. The lowest BCUT2D eigenvalue weighted by molar-refractivity contribution is 0.0698. The fourth-order valence-electron chi connectivity index (χ4n) is 3.13. The first-order valence-corrected chi connectivity index (χ1v) is 10.8. The standard InChI is InChI=1S/C20H20Cl2N2O3S/c1-2-28(24-9-5-6-10-24)18-11-14(15(21)12-16(18)22)19(25)23-17-8-4-3-7-13(17)20(26)27/h2-4,7-8,11-12H,5-6,9-10H2,1H3,(H,23,25)(H,26,27). The van der Waals surface area contributed by atoms with Crippen LogP contribution in [0, 0.1) is 0 Å². The molecule has 0 aliphatic carbocycles. The Hall–Kier alpha value is -1.86. The van der Waals surface area contributed by atoms with Crippen LogP contribution in [0.2, 0.25) is 10.0 Å². The van der Waals surface area contributed by atoms with Crippen molar-refractivity contribution in [1.29, 1.82) is 0 Å². The van der Waals surface area contributed by atoms with E-state index in [4.69, 9.17) is 23.2 Å². The second kappa shape index (κ2) is 9.09. The van der Waals surface area contributed by atoms with Crippen molar-refractivity contribution in [2.45, 2.75) is 24.7 Å². The van der Waals surface area contributed by atoms with E-state index in [2.05, 4.69) is 15.0 Å². The van der Waals surface area contributed by atoms with Crippen LogP contribution in [0.1, 0.15) is 40.5 Å². The van der Waals surface area contributed by atoms with E-state index in [0.717, 1.165) is 30.8 Å². The van der Waals surface area contributed by atoms with E-state index in [1.165, 1.54) is 6.07 Å². The van der Waals surface area contributed by atoms with E-state index >= 15 is 0 Å². The van der Waals surface area contributed by atoms with Gasteiger partial charge in [-0.15, -0.1) is 0 Å². The molecule has 0 bridgehead atoms. The molecule has 2 aromatic rings. The molecular formula is C20H20Cl2N2O3S. The third-order valence-electron chi connectivity index (χ3n) is 4.46. The van der Waals surface area contributed by atoms with Crippen molar-refractivity contribution in [3.05, 3.63) is 57.6 Å². The largest absolute Gasteiger partial charge is 0.478 e. The van der Waals surface area contributed by atoms with Crippen molar-refractivity contribution in [1.82, 2.24) is 4.31 Å². The van der Waals surface area contributed by atoms with Crippen LogP contribution in [0.3, 0.4) is 0 Å². The van der Waals surface area contributed by atoms with Crippen LogP contribution in [0.15, 0.2) is 41.3 Å². The molecule has 28 heavy (non-hydrogen) atoms. The van der Waals surface area contributed by atoms with Gasteiger partial charge in [0.2, 0.25) is 0 Å². The highest BCUT2D eigenvalue weighted by Crippen LogP contribution is 2.40. The van der Waals surface area contributed by atoms with Crippen molar-refractivity contribution < 1.29 is 14.7 Å². The SMILES string of the molecule is CC=S(c1cc(C(=O)Nc2ccccc2C(=O)O)c(Cl)cc1Cl)N1CCCC1. The molecule has 1 amide bonds. The summed E-state index contributed by atoms with van der Waals surface area (Å²) in [5.41, 5.74) is 0.493. The van der Waals surface area contributed by atoms with Crippen molar-refractivity contribution in [3.63, 3.8) is 0 Å². The monoisotopic (exact) mass is 438 g/mol. The summed E-state index contributed by atoms with van der Waals surface area (Å²) >= 11 is 12.7. The van der Waals surface area contributed by atoms with Gasteiger partial charge >= 0.3 is 5.97 Å². The van der Waals surface area contributed by atoms with E-state index in [9.17, 15) is 14.7 Å². The topological polar surface area (TPSA) is 69.6 Å². The first-order chi connectivity index (χ1) is 13.4. The molecule has 1 atom stereocenters. The zero-order chi connectivity index (χ0) is 20.3. The van der Waals surface area contributed by atoms with Gasteiger partial charge in [0.1, 0.15) is 0 Å². The molecule has 0 spiro atoms. The summed E-state index contributed by atoms with van der Waals surface area (Å²) in [5, 5.41) is 14.8. The Labute approximate surface area is 176 Å². The van der Waals surface area contributed by atoms with E-state index in [-0.39, 0.29) is 32.5 Å². The van der Waals surface area contributed by atoms with Crippen molar-refractivity contribution in [2.24, 2.45) is 0 Å². The van der Waals surface area contributed by atoms with Gasteiger partial charge < -0.3 is 10.4 Å². The summed E-state index contributed by atoms with van der Waals surface area (Å²) in [4.78, 5) is 25.1. The molecular weight excluding hydrogens is 419 g/mol. The first-order valence-electron chi connectivity index (χ1n) is 8.82. The van der Waals surface area contributed by atoms with Crippen molar-refractivity contribution in [2.75, 3.05) is 18.4 Å².